The van der Waals surface area contributed by atoms with Gasteiger partial charge >= 0.3 is 0 Å². The highest BCUT2D eigenvalue weighted by atomic mass is 28.3. The first kappa shape index (κ1) is 21.8. The molecule has 0 amide bonds. The maximum Gasteiger partial charge on any atom is 0.142 e. The average Bonchev–Trinajstić information content (AvgIpc) is 3.21. The third-order valence-electron chi connectivity index (χ3n) is 6.42. The van der Waals surface area contributed by atoms with Crippen LogP contribution in [0.5, 0.6) is 0 Å². The van der Waals surface area contributed by atoms with Crippen LogP contribution in [0.25, 0.3) is 5.20 Å². The molecule has 0 aromatic heterocycles. The molecule has 2 aromatic carbocycles. The van der Waals surface area contributed by atoms with Crippen molar-refractivity contribution in [1.82, 2.24) is 0 Å². The summed E-state index contributed by atoms with van der Waals surface area (Å²) in [4.78, 5) is 0. The molecule has 0 nitrogen and oxygen atoms in total. The first-order valence-corrected chi connectivity index (χ1v) is 14.2. The Labute approximate surface area is 179 Å². The molecule has 0 radical (unpaired) electrons. The fourth-order valence-corrected chi connectivity index (χ4v) is 9.26. The van der Waals surface area contributed by atoms with Crippen LogP contribution in [0.3, 0.4) is 0 Å². The van der Waals surface area contributed by atoms with E-state index in [1.54, 1.807) is 10.4 Å². The summed E-state index contributed by atoms with van der Waals surface area (Å²) in [6.07, 6.45) is 18.8. The van der Waals surface area contributed by atoms with Crippen LogP contribution in [0, 0.1) is 0 Å². The van der Waals surface area contributed by atoms with Crippen LogP contribution in [0.1, 0.15) is 76.7 Å². The highest BCUT2D eigenvalue weighted by Gasteiger charge is 2.38. The minimum absolute atomic E-state index is 1.34. The molecule has 1 aliphatic heterocycles. The Morgan fingerprint density at radius 2 is 1.17 bits per heavy atom. The first-order valence-electron chi connectivity index (χ1n) is 11.9. The van der Waals surface area contributed by atoms with Gasteiger partial charge in [-0.1, -0.05) is 150 Å². The number of hydrogen-bond acceptors (Lipinski definition) is 0. The van der Waals surface area contributed by atoms with Crippen molar-refractivity contribution in [3.8, 4) is 0 Å². The van der Waals surface area contributed by atoms with Gasteiger partial charge in [-0.25, -0.2) is 0 Å². The van der Waals surface area contributed by atoms with Crippen LogP contribution in [-0.2, 0) is 0 Å². The smallest absolute Gasteiger partial charge is 0.0858 e. The Kier molecular flexibility index (Phi) is 9.02. The van der Waals surface area contributed by atoms with Gasteiger partial charge in [0.05, 0.1) is 0 Å². The molecule has 1 heterocycles. The lowest BCUT2D eigenvalue weighted by molar-refractivity contribution is 0.562. The lowest BCUT2D eigenvalue weighted by atomic mass is 10.1. The van der Waals surface area contributed by atoms with E-state index in [1.165, 1.54) is 75.8 Å². The predicted octanol–water partition coefficient (Wildman–Crippen LogP) is 8.00. The van der Waals surface area contributed by atoms with Crippen molar-refractivity contribution in [3.05, 3.63) is 84.1 Å². The fourth-order valence-electron chi connectivity index (χ4n) is 4.76. The van der Waals surface area contributed by atoms with Crippen molar-refractivity contribution >= 4 is 18.5 Å². The number of unbranched alkanes of at least 4 members (excludes halogenated alkanes) is 9. The molecule has 0 saturated carbocycles. The van der Waals surface area contributed by atoms with E-state index < -0.39 is 8.07 Å². The van der Waals surface area contributed by atoms with E-state index in [9.17, 15) is 0 Å². The molecule has 0 spiro atoms. The van der Waals surface area contributed by atoms with Crippen molar-refractivity contribution in [2.75, 3.05) is 0 Å². The van der Waals surface area contributed by atoms with E-state index >= 15 is 0 Å². The molecule has 154 valence electrons. The van der Waals surface area contributed by atoms with Crippen LogP contribution < -0.4 is 5.19 Å². The van der Waals surface area contributed by atoms with Gasteiger partial charge < -0.3 is 0 Å². The Morgan fingerprint density at radius 1 is 0.621 bits per heavy atom. The van der Waals surface area contributed by atoms with Gasteiger partial charge in [-0.05, 0) is 22.0 Å². The van der Waals surface area contributed by atoms with Gasteiger partial charge in [0.1, 0.15) is 8.07 Å². The summed E-state index contributed by atoms with van der Waals surface area (Å²) in [6, 6.07) is 23.7. The molecule has 2 aromatic rings. The molecule has 0 N–H and O–H groups in total. The topological polar surface area (TPSA) is 0 Å². The first-order chi connectivity index (χ1) is 14.4. The third kappa shape index (κ3) is 6.06. The summed E-state index contributed by atoms with van der Waals surface area (Å²) < 4.78 is 0. The van der Waals surface area contributed by atoms with Crippen molar-refractivity contribution in [3.63, 3.8) is 0 Å². The second kappa shape index (κ2) is 12.0. The number of rotatable bonds is 13. The molecular formula is C28H38Si. The molecule has 0 bridgehead atoms. The Bertz CT molecular complexity index is 759. The van der Waals surface area contributed by atoms with Gasteiger partial charge in [-0.2, -0.15) is 0 Å². The summed E-state index contributed by atoms with van der Waals surface area (Å²) in [5.41, 5.74) is 4.00. The highest BCUT2D eigenvalue weighted by Crippen LogP contribution is 2.35. The Hall–Kier alpha value is -1.86. The predicted molar refractivity (Wildman–Crippen MR) is 132 cm³/mol. The molecule has 0 saturated heterocycles. The van der Waals surface area contributed by atoms with Crippen molar-refractivity contribution in [2.24, 2.45) is 0 Å². The monoisotopic (exact) mass is 402 g/mol. The van der Waals surface area contributed by atoms with E-state index in [2.05, 4.69) is 85.4 Å². The Balaban J connectivity index is 1.56. The van der Waals surface area contributed by atoms with Crippen LogP contribution in [-0.4, -0.2) is 8.07 Å². The maximum atomic E-state index is 2.58. The van der Waals surface area contributed by atoms with Gasteiger partial charge in [-0.3, -0.25) is 0 Å². The zero-order valence-corrected chi connectivity index (χ0v) is 19.3. The van der Waals surface area contributed by atoms with Crippen molar-refractivity contribution in [2.45, 2.75) is 77.2 Å². The van der Waals surface area contributed by atoms with Crippen LogP contribution in [0.2, 0.25) is 6.04 Å². The fraction of sp³-hybridized carbons (Fsp3) is 0.429. The van der Waals surface area contributed by atoms with Gasteiger partial charge in [0, 0.05) is 0 Å². The van der Waals surface area contributed by atoms with Gasteiger partial charge in [0.25, 0.3) is 0 Å². The molecule has 1 atom stereocenters. The number of hydrogen-bond donors (Lipinski definition) is 0. The van der Waals surface area contributed by atoms with E-state index in [1.807, 2.05) is 0 Å². The number of allylic oxidation sites excluding steroid dienone is 2. The van der Waals surface area contributed by atoms with Crippen LogP contribution >= 0.6 is 0 Å². The summed E-state index contributed by atoms with van der Waals surface area (Å²) in [5, 5.41) is 3.17. The molecule has 1 aliphatic rings. The van der Waals surface area contributed by atoms with Crippen molar-refractivity contribution in [1.29, 1.82) is 0 Å². The Morgan fingerprint density at radius 3 is 1.79 bits per heavy atom. The number of benzene rings is 2. The molecule has 1 unspecified atom stereocenters. The highest BCUT2D eigenvalue weighted by molar-refractivity contribution is 7.10. The SMILES string of the molecule is CCCCCCCCCCCC[Si]1(c2ccccc2)C=CC=C1c1ccccc1. The summed E-state index contributed by atoms with van der Waals surface area (Å²) >= 11 is 0. The normalized spacial score (nSPS) is 18.2. The molecule has 1 heteroatoms. The molecule has 0 aliphatic carbocycles. The quantitative estimate of drug-likeness (QED) is 0.235. The lowest BCUT2D eigenvalue weighted by Crippen LogP contribution is -2.46. The van der Waals surface area contributed by atoms with Crippen molar-refractivity contribution < 1.29 is 0 Å². The summed E-state index contributed by atoms with van der Waals surface area (Å²) in [5.74, 6) is 0. The third-order valence-corrected chi connectivity index (χ3v) is 11.1. The standard InChI is InChI=1S/C28H38Si/c1-2-3-4-5-6-7-8-9-10-17-24-29(27-21-15-12-16-22-27)25-18-23-28(29)26-19-13-11-14-20-26/h11-16,18-23,25H,2-10,17,24H2,1H3. The molecule has 29 heavy (non-hydrogen) atoms. The lowest BCUT2D eigenvalue weighted by Gasteiger charge is -2.30. The average molecular weight is 403 g/mol. The molecule has 0 fully saturated rings. The van der Waals surface area contributed by atoms with Gasteiger partial charge in [0.15, 0.2) is 0 Å². The minimum atomic E-state index is -1.79. The van der Waals surface area contributed by atoms with Crippen LogP contribution in [0.4, 0.5) is 0 Å². The zero-order valence-electron chi connectivity index (χ0n) is 18.3. The van der Waals surface area contributed by atoms with Gasteiger partial charge in [-0.15, -0.1) is 0 Å². The summed E-state index contributed by atoms with van der Waals surface area (Å²) in [6.45, 7) is 2.30. The largest absolute Gasteiger partial charge is 0.142 e. The molecular weight excluding hydrogens is 364 g/mol. The van der Waals surface area contributed by atoms with E-state index in [-0.39, 0.29) is 0 Å². The van der Waals surface area contributed by atoms with E-state index in [4.69, 9.17) is 0 Å². The van der Waals surface area contributed by atoms with Crippen LogP contribution in [0.15, 0.2) is 78.5 Å². The second-order valence-corrected chi connectivity index (χ2v) is 12.5. The molecule has 3 rings (SSSR count). The minimum Gasteiger partial charge on any atom is -0.0858 e. The van der Waals surface area contributed by atoms with Gasteiger partial charge in [0.2, 0.25) is 0 Å². The summed E-state index contributed by atoms with van der Waals surface area (Å²) in [7, 11) is -1.79. The van der Waals surface area contributed by atoms with E-state index in [0.717, 1.165) is 0 Å². The zero-order chi connectivity index (χ0) is 20.2. The maximum absolute atomic E-state index is 2.58. The van der Waals surface area contributed by atoms with E-state index in [0.29, 0.717) is 0 Å². The second-order valence-electron chi connectivity index (χ2n) is 8.57.